The summed E-state index contributed by atoms with van der Waals surface area (Å²) in [6.45, 7) is 7.02. The van der Waals surface area contributed by atoms with E-state index in [1.54, 1.807) is 0 Å². The summed E-state index contributed by atoms with van der Waals surface area (Å²) in [5.74, 6) is 0.0262. The number of rotatable bonds is 7. The smallest absolute Gasteiger partial charge is 0.221 e. The molecule has 18 heavy (non-hydrogen) atoms. The molecule has 0 radical (unpaired) electrons. The van der Waals surface area contributed by atoms with Gasteiger partial charge in [0.25, 0.3) is 0 Å². The van der Waals surface area contributed by atoms with Crippen molar-refractivity contribution < 1.29 is 4.79 Å². The van der Waals surface area contributed by atoms with E-state index in [-0.39, 0.29) is 5.91 Å². The minimum absolute atomic E-state index is 0.0262. The molecule has 0 spiro atoms. The fourth-order valence-corrected chi connectivity index (χ4v) is 1.92. The number of amides is 1. The third-order valence-electron chi connectivity index (χ3n) is 2.91. The van der Waals surface area contributed by atoms with E-state index < -0.39 is 0 Å². The summed E-state index contributed by atoms with van der Waals surface area (Å²) in [4.78, 5) is 13.6. The van der Waals surface area contributed by atoms with Crippen LogP contribution in [-0.4, -0.2) is 32.1 Å². The lowest BCUT2D eigenvalue weighted by molar-refractivity contribution is -0.120. The van der Waals surface area contributed by atoms with Crippen LogP contribution in [0.2, 0.25) is 0 Å². The zero-order chi connectivity index (χ0) is 13.4. The number of hydrogen-bond donors (Lipinski definition) is 2. The molecule has 0 saturated carbocycles. The Kier molecular flexibility index (Phi) is 6.22. The zero-order valence-electron chi connectivity index (χ0n) is 11.3. The van der Waals surface area contributed by atoms with Gasteiger partial charge in [-0.1, -0.05) is 18.2 Å². The SMILES string of the molecule is CCN(CCNC(=O)CCN)c1ccccc1C. The van der Waals surface area contributed by atoms with Crippen molar-refractivity contribution in [3.8, 4) is 0 Å². The zero-order valence-corrected chi connectivity index (χ0v) is 11.3. The number of carbonyl (C=O) groups is 1. The van der Waals surface area contributed by atoms with Gasteiger partial charge in [0, 0.05) is 38.3 Å². The van der Waals surface area contributed by atoms with E-state index >= 15 is 0 Å². The molecule has 4 nitrogen and oxygen atoms in total. The summed E-state index contributed by atoms with van der Waals surface area (Å²) < 4.78 is 0. The molecule has 0 unspecified atom stereocenters. The lowest BCUT2D eigenvalue weighted by Gasteiger charge is -2.25. The number of aryl methyl sites for hydroxylation is 1. The molecule has 0 aromatic heterocycles. The lowest BCUT2D eigenvalue weighted by atomic mass is 10.2. The first-order chi connectivity index (χ1) is 8.69. The van der Waals surface area contributed by atoms with Crippen molar-refractivity contribution >= 4 is 11.6 Å². The van der Waals surface area contributed by atoms with Gasteiger partial charge >= 0.3 is 0 Å². The number of anilines is 1. The predicted molar refractivity (Wildman–Crippen MR) is 75.7 cm³/mol. The fourth-order valence-electron chi connectivity index (χ4n) is 1.92. The van der Waals surface area contributed by atoms with Crippen LogP contribution in [0.3, 0.4) is 0 Å². The highest BCUT2D eigenvalue weighted by molar-refractivity contribution is 5.76. The first kappa shape index (κ1) is 14.5. The Hall–Kier alpha value is -1.55. The number of para-hydroxylation sites is 1. The second-order valence-corrected chi connectivity index (χ2v) is 4.25. The van der Waals surface area contributed by atoms with Crippen molar-refractivity contribution in [3.63, 3.8) is 0 Å². The third-order valence-corrected chi connectivity index (χ3v) is 2.91. The average Bonchev–Trinajstić information content (AvgIpc) is 2.36. The van der Waals surface area contributed by atoms with E-state index in [0.29, 0.717) is 19.5 Å². The number of benzene rings is 1. The van der Waals surface area contributed by atoms with Crippen molar-refractivity contribution in [2.24, 2.45) is 5.73 Å². The summed E-state index contributed by atoms with van der Waals surface area (Å²) in [5, 5.41) is 2.88. The van der Waals surface area contributed by atoms with Crippen LogP contribution < -0.4 is 16.0 Å². The molecule has 3 N–H and O–H groups in total. The molecule has 100 valence electrons. The van der Waals surface area contributed by atoms with Gasteiger partial charge in [-0.05, 0) is 25.5 Å². The molecule has 0 aliphatic rings. The van der Waals surface area contributed by atoms with Gasteiger partial charge in [0.05, 0.1) is 0 Å². The maximum atomic E-state index is 11.3. The Labute approximate surface area is 109 Å². The number of nitrogens with zero attached hydrogens (tertiary/aromatic N) is 1. The average molecular weight is 249 g/mol. The standard InChI is InChI=1S/C14H23N3O/c1-3-17(11-10-16-14(18)8-9-15)13-7-5-4-6-12(13)2/h4-7H,3,8-11,15H2,1-2H3,(H,16,18). The van der Waals surface area contributed by atoms with Gasteiger partial charge in [-0.25, -0.2) is 0 Å². The number of nitrogens with two attached hydrogens (primary N) is 1. The molecular formula is C14H23N3O. The lowest BCUT2D eigenvalue weighted by Crippen LogP contribution is -2.35. The highest BCUT2D eigenvalue weighted by Gasteiger charge is 2.07. The van der Waals surface area contributed by atoms with Gasteiger partial charge in [0.2, 0.25) is 5.91 Å². The maximum Gasteiger partial charge on any atom is 0.221 e. The summed E-state index contributed by atoms with van der Waals surface area (Å²) >= 11 is 0. The Morgan fingerprint density at radius 2 is 2.11 bits per heavy atom. The summed E-state index contributed by atoms with van der Waals surface area (Å²) in [6, 6.07) is 8.29. The largest absolute Gasteiger partial charge is 0.370 e. The Bertz CT molecular complexity index is 379. The van der Waals surface area contributed by atoms with Gasteiger partial charge < -0.3 is 16.0 Å². The normalized spacial score (nSPS) is 10.2. The van der Waals surface area contributed by atoms with Crippen molar-refractivity contribution in [1.29, 1.82) is 0 Å². The molecule has 0 fully saturated rings. The minimum atomic E-state index is 0.0262. The maximum absolute atomic E-state index is 11.3. The summed E-state index contributed by atoms with van der Waals surface area (Å²) in [5.41, 5.74) is 7.81. The van der Waals surface area contributed by atoms with Crippen LogP contribution in [0, 0.1) is 6.92 Å². The predicted octanol–water partition coefficient (Wildman–Crippen LogP) is 1.29. The topological polar surface area (TPSA) is 58.4 Å². The molecule has 4 heteroatoms. The van der Waals surface area contributed by atoms with Crippen molar-refractivity contribution in [1.82, 2.24) is 5.32 Å². The second kappa shape index (κ2) is 7.71. The van der Waals surface area contributed by atoms with Crippen LogP contribution in [0.5, 0.6) is 0 Å². The number of hydrogen-bond acceptors (Lipinski definition) is 3. The Balaban J connectivity index is 2.48. The number of nitrogens with one attached hydrogen (secondary N) is 1. The molecule has 0 aliphatic carbocycles. The highest BCUT2D eigenvalue weighted by Crippen LogP contribution is 2.18. The van der Waals surface area contributed by atoms with E-state index in [1.807, 2.05) is 12.1 Å². The molecular weight excluding hydrogens is 226 g/mol. The molecule has 0 atom stereocenters. The van der Waals surface area contributed by atoms with Crippen LogP contribution in [0.1, 0.15) is 18.9 Å². The quantitative estimate of drug-likeness (QED) is 0.765. The van der Waals surface area contributed by atoms with Gasteiger partial charge in [0.1, 0.15) is 0 Å². The molecule has 0 heterocycles. The van der Waals surface area contributed by atoms with E-state index in [2.05, 4.69) is 36.2 Å². The first-order valence-electron chi connectivity index (χ1n) is 6.46. The van der Waals surface area contributed by atoms with Crippen LogP contribution in [0.4, 0.5) is 5.69 Å². The van der Waals surface area contributed by atoms with Crippen molar-refractivity contribution in [2.45, 2.75) is 20.3 Å². The van der Waals surface area contributed by atoms with E-state index in [1.165, 1.54) is 11.3 Å². The number of carbonyl (C=O) groups excluding carboxylic acids is 1. The molecule has 1 amide bonds. The monoisotopic (exact) mass is 249 g/mol. The summed E-state index contributed by atoms with van der Waals surface area (Å²) in [6.07, 6.45) is 0.399. The second-order valence-electron chi connectivity index (χ2n) is 4.25. The van der Waals surface area contributed by atoms with E-state index in [0.717, 1.165) is 13.1 Å². The number of likely N-dealkylation sites (N-methyl/N-ethyl adjacent to an activating group) is 1. The highest BCUT2D eigenvalue weighted by atomic mass is 16.1. The van der Waals surface area contributed by atoms with Crippen LogP contribution >= 0.6 is 0 Å². The first-order valence-corrected chi connectivity index (χ1v) is 6.46. The Morgan fingerprint density at radius 1 is 1.39 bits per heavy atom. The van der Waals surface area contributed by atoms with Crippen LogP contribution in [0.25, 0.3) is 0 Å². The van der Waals surface area contributed by atoms with Crippen LogP contribution in [0.15, 0.2) is 24.3 Å². The molecule has 0 aliphatic heterocycles. The minimum Gasteiger partial charge on any atom is -0.370 e. The summed E-state index contributed by atoms with van der Waals surface area (Å²) in [7, 11) is 0. The Morgan fingerprint density at radius 3 is 2.72 bits per heavy atom. The molecule has 1 aromatic rings. The fraction of sp³-hybridized carbons (Fsp3) is 0.500. The van der Waals surface area contributed by atoms with Gasteiger partial charge in [-0.15, -0.1) is 0 Å². The molecule has 0 saturated heterocycles. The van der Waals surface area contributed by atoms with E-state index in [4.69, 9.17) is 5.73 Å². The van der Waals surface area contributed by atoms with Crippen molar-refractivity contribution in [3.05, 3.63) is 29.8 Å². The molecule has 1 aromatic carbocycles. The molecule has 0 bridgehead atoms. The van der Waals surface area contributed by atoms with Crippen molar-refractivity contribution in [2.75, 3.05) is 31.1 Å². The van der Waals surface area contributed by atoms with Gasteiger partial charge in [-0.2, -0.15) is 0 Å². The van der Waals surface area contributed by atoms with Gasteiger partial charge in [-0.3, -0.25) is 4.79 Å². The van der Waals surface area contributed by atoms with Gasteiger partial charge in [0.15, 0.2) is 0 Å². The molecule has 1 rings (SSSR count). The van der Waals surface area contributed by atoms with E-state index in [9.17, 15) is 4.79 Å². The third kappa shape index (κ3) is 4.37. The van der Waals surface area contributed by atoms with Crippen LogP contribution in [-0.2, 0) is 4.79 Å².